The van der Waals surface area contributed by atoms with Gasteiger partial charge in [0.15, 0.2) is 11.5 Å². The summed E-state index contributed by atoms with van der Waals surface area (Å²) in [5, 5.41) is 19.6. The minimum Gasteiger partial charge on any atom is -0.508 e. The fraction of sp³-hybridized carbons (Fsp3) is 0.286. The van der Waals surface area contributed by atoms with Gasteiger partial charge in [0.05, 0.1) is 11.5 Å². The molecule has 31 heavy (non-hydrogen) atoms. The second-order valence-electron chi connectivity index (χ2n) is 7.74. The van der Waals surface area contributed by atoms with E-state index in [1.54, 1.807) is 10.6 Å². The number of carboxylic acids is 1. The molecule has 3 aromatic heterocycles. The van der Waals surface area contributed by atoms with Crippen LogP contribution in [0.25, 0.3) is 33.4 Å². The number of phenols is 1. The highest BCUT2D eigenvalue weighted by molar-refractivity contribution is 5.95. The number of benzene rings is 1. The molecule has 0 saturated heterocycles. The van der Waals surface area contributed by atoms with Gasteiger partial charge in [-0.3, -0.25) is 14.2 Å². The number of carboxylic acid groups (broad SMARTS) is 1. The molecule has 0 spiro atoms. The van der Waals surface area contributed by atoms with E-state index in [9.17, 15) is 19.8 Å². The van der Waals surface area contributed by atoms with Crippen molar-refractivity contribution >= 4 is 33.9 Å². The SMILES string of the molecule is Nc1ncnc2c1nc(-c1coc3cc(O)ccc13)c(=O)n2C1CCC(C(=O)O)CC1. The lowest BCUT2D eigenvalue weighted by atomic mass is 9.86. The summed E-state index contributed by atoms with van der Waals surface area (Å²) in [5.41, 5.74) is 7.35. The first-order chi connectivity index (χ1) is 14.9. The average molecular weight is 421 g/mol. The van der Waals surface area contributed by atoms with E-state index in [1.807, 2.05) is 0 Å². The van der Waals surface area contributed by atoms with E-state index in [0.717, 1.165) is 0 Å². The van der Waals surface area contributed by atoms with Crippen LogP contribution in [0.4, 0.5) is 5.82 Å². The number of nitrogen functional groups attached to an aromatic ring is 1. The largest absolute Gasteiger partial charge is 0.508 e. The molecular formula is C21H19N5O5. The summed E-state index contributed by atoms with van der Waals surface area (Å²) >= 11 is 0. The molecule has 158 valence electrons. The van der Waals surface area contributed by atoms with Crippen LogP contribution in [0.2, 0.25) is 0 Å². The molecule has 1 fully saturated rings. The van der Waals surface area contributed by atoms with Gasteiger partial charge in [-0.2, -0.15) is 0 Å². The van der Waals surface area contributed by atoms with Crippen molar-refractivity contribution in [1.82, 2.24) is 19.5 Å². The summed E-state index contributed by atoms with van der Waals surface area (Å²) in [7, 11) is 0. The molecule has 1 aliphatic carbocycles. The maximum absolute atomic E-state index is 13.6. The van der Waals surface area contributed by atoms with Crippen molar-refractivity contribution in [1.29, 1.82) is 0 Å². The van der Waals surface area contributed by atoms with Crippen LogP contribution in [-0.4, -0.2) is 35.7 Å². The van der Waals surface area contributed by atoms with Crippen LogP contribution in [0.1, 0.15) is 31.7 Å². The lowest BCUT2D eigenvalue weighted by Crippen LogP contribution is -2.32. The molecule has 3 heterocycles. The van der Waals surface area contributed by atoms with Crippen LogP contribution in [-0.2, 0) is 4.79 Å². The number of nitrogens with zero attached hydrogens (tertiary/aromatic N) is 4. The summed E-state index contributed by atoms with van der Waals surface area (Å²) in [4.78, 5) is 37.7. The predicted octanol–water partition coefficient (Wildman–Crippen LogP) is 2.70. The number of carbonyl (C=O) groups is 1. The molecule has 1 aliphatic rings. The number of phenolic OH excluding ortho intramolecular Hbond substituents is 1. The molecular weight excluding hydrogens is 402 g/mol. The first kappa shape index (κ1) is 19.0. The van der Waals surface area contributed by atoms with Crippen molar-refractivity contribution < 1.29 is 19.4 Å². The number of fused-ring (bicyclic) bond motifs is 2. The van der Waals surface area contributed by atoms with E-state index < -0.39 is 11.9 Å². The smallest absolute Gasteiger partial charge is 0.306 e. The maximum Gasteiger partial charge on any atom is 0.306 e. The van der Waals surface area contributed by atoms with Crippen molar-refractivity contribution in [3.63, 3.8) is 0 Å². The molecule has 5 rings (SSSR count). The van der Waals surface area contributed by atoms with E-state index in [2.05, 4.69) is 15.0 Å². The Kier molecular flexibility index (Phi) is 4.35. The number of aromatic hydroxyl groups is 1. The first-order valence-electron chi connectivity index (χ1n) is 9.90. The molecule has 0 bridgehead atoms. The van der Waals surface area contributed by atoms with Gasteiger partial charge in [-0.05, 0) is 37.8 Å². The summed E-state index contributed by atoms with van der Waals surface area (Å²) in [6.45, 7) is 0. The summed E-state index contributed by atoms with van der Waals surface area (Å²) in [6, 6.07) is 4.39. The van der Waals surface area contributed by atoms with E-state index in [-0.39, 0.29) is 28.9 Å². The Hall–Kier alpha value is -3.95. The molecule has 0 aliphatic heterocycles. The van der Waals surface area contributed by atoms with Gasteiger partial charge in [0.1, 0.15) is 35.1 Å². The Labute approximate surface area is 175 Å². The standard InChI is InChI=1S/C21H19N5O5/c22-18-17-19(24-9-23-18)26(11-3-1-10(2-4-11)21(29)30)20(28)16(25-17)14-8-31-15-7-12(27)5-6-13(14)15/h5-11,27H,1-4H2,(H,29,30)(H2,22,23,24). The van der Waals surface area contributed by atoms with Crippen molar-refractivity contribution in [2.45, 2.75) is 31.7 Å². The molecule has 1 saturated carbocycles. The fourth-order valence-corrected chi connectivity index (χ4v) is 4.33. The van der Waals surface area contributed by atoms with Gasteiger partial charge >= 0.3 is 5.97 Å². The van der Waals surface area contributed by atoms with Gasteiger partial charge in [-0.25, -0.2) is 15.0 Å². The number of hydrogen-bond acceptors (Lipinski definition) is 8. The summed E-state index contributed by atoms with van der Waals surface area (Å²) in [6.07, 6.45) is 4.71. The third-order valence-corrected chi connectivity index (χ3v) is 5.93. The summed E-state index contributed by atoms with van der Waals surface area (Å²) < 4.78 is 7.09. The predicted molar refractivity (Wildman–Crippen MR) is 112 cm³/mol. The highest BCUT2D eigenvalue weighted by atomic mass is 16.4. The number of aliphatic carboxylic acids is 1. The number of rotatable bonds is 3. The van der Waals surface area contributed by atoms with E-state index in [4.69, 9.17) is 10.2 Å². The Morgan fingerprint density at radius 1 is 1.19 bits per heavy atom. The zero-order chi connectivity index (χ0) is 21.7. The minimum atomic E-state index is -0.814. The molecule has 4 N–H and O–H groups in total. The maximum atomic E-state index is 13.6. The van der Waals surface area contributed by atoms with Crippen LogP contribution < -0.4 is 11.3 Å². The lowest BCUT2D eigenvalue weighted by molar-refractivity contribution is -0.143. The third-order valence-electron chi connectivity index (χ3n) is 5.93. The van der Waals surface area contributed by atoms with Crippen molar-refractivity contribution in [3.8, 4) is 17.0 Å². The van der Waals surface area contributed by atoms with Crippen LogP contribution >= 0.6 is 0 Å². The third kappa shape index (κ3) is 3.07. The number of hydrogen-bond donors (Lipinski definition) is 3. The monoisotopic (exact) mass is 421 g/mol. The Balaban J connectivity index is 1.72. The van der Waals surface area contributed by atoms with Gasteiger partial charge in [0, 0.05) is 17.5 Å². The number of nitrogens with two attached hydrogens (primary N) is 1. The molecule has 10 heteroatoms. The van der Waals surface area contributed by atoms with Crippen LogP contribution in [0.15, 0.2) is 40.0 Å². The zero-order valence-corrected chi connectivity index (χ0v) is 16.4. The van der Waals surface area contributed by atoms with Gasteiger partial charge in [-0.15, -0.1) is 0 Å². The minimum absolute atomic E-state index is 0.0464. The molecule has 0 atom stereocenters. The van der Waals surface area contributed by atoms with E-state index in [0.29, 0.717) is 53.4 Å². The van der Waals surface area contributed by atoms with Gasteiger partial charge in [0.2, 0.25) is 0 Å². The Morgan fingerprint density at radius 2 is 1.97 bits per heavy atom. The van der Waals surface area contributed by atoms with Gasteiger partial charge < -0.3 is 20.4 Å². The van der Waals surface area contributed by atoms with Crippen molar-refractivity contribution in [3.05, 3.63) is 41.1 Å². The quantitative estimate of drug-likeness (QED) is 0.452. The highest BCUT2D eigenvalue weighted by Gasteiger charge is 2.30. The molecule has 4 aromatic rings. The fourth-order valence-electron chi connectivity index (χ4n) is 4.33. The second kappa shape index (κ2) is 7.08. The normalized spacial score (nSPS) is 19.1. The highest BCUT2D eigenvalue weighted by Crippen LogP contribution is 2.35. The second-order valence-corrected chi connectivity index (χ2v) is 7.74. The van der Waals surface area contributed by atoms with Crippen LogP contribution in [0.3, 0.4) is 0 Å². The molecule has 0 unspecified atom stereocenters. The Morgan fingerprint density at radius 3 is 2.71 bits per heavy atom. The number of aromatic nitrogens is 4. The average Bonchev–Trinajstić information content (AvgIpc) is 3.16. The van der Waals surface area contributed by atoms with Crippen molar-refractivity contribution in [2.24, 2.45) is 5.92 Å². The van der Waals surface area contributed by atoms with Crippen LogP contribution in [0, 0.1) is 5.92 Å². The zero-order valence-electron chi connectivity index (χ0n) is 16.4. The number of furan rings is 1. The molecule has 0 amide bonds. The lowest BCUT2D eigenvalue weighted by Gasteiger charge is -2.28. The van der Waals surface area contributed by atoms with E-state index >= 15 is 0 Å². The molecule has 1 aromatic carbocycles. The first-order valence-corrected chi connectivity index (χ1v) is 9.90. The van der Waals surface area contributed by atoms with Gasteiger partial charge in [0.25, 0.3) is 5.56 Å². The van der Waals surface area contributed by atoms with E-state index in [1.165, 1.54) is 24.7 Å². The van der Waals surface area contributed by atoms with Crippen LogP contribution in [0.5, 0.6) is 5.75 Å². The van der Waals surface area contributed by atoms with Gasteiger partial charge in [-0.1, -0.05) is 0 Å². The Bertz CT molecular complexity index is 1380. The molecule has 0 radical (unpaired) electrons. The summed E-state index contributed by atoms with van der Waals surface area (Å²) in [5.74, 6) is -1.04. The molecule has 10 nitrogen and oxygen atoms in total. The van der Waals surface area contributed by atoms with Crippen molar-refractivity contribution in [2.75, 3.05) is 5.73 Å². The topological polar surface area (TPSA) is 157 Å². The number of anilines is 1.